The zero-order valence-corrected chi connectivity index (χ0v) is 41.0. The van der Waals surface area contributed by atoms with Crippen LogP contribution >= 0.6 is 0 Å². The van der Waals surface area contributed by atoms with Gasteiger partial charge >= 0.3 is 12.1 Å². The summed E-state index contributed by atoms with van der Waals surface area (Å²) in [4.78, 5) is 91.5. The van der Waals surface area contributed by atoms with Gasteiger partial charge in [0, 0.05) is 31.1 Å². The van der Waals surface area contributed by atoms with Crippen molar-refractivity contribution in [2.75, 3.05) is 20.6 Å². The maximum Gasteiger partial charge on any atom is 0.405 e. The average Bonchev–Trinajstić information content (AvgIpc) is 3.23. The molecule has 0 aliphatic carbocycles. The molecule has 10 N–H and O–H groups in total. The lowest BCUT2D eigenvalue weighted by Gasteiger charge is -2.40. The third-order valence-electron chi connectivity index (χ3n) is 11.2. The molecule has 0 radical (unpaired) electrons. The van der Waals surface area contributed by atoms with Crippen LogP contribution in [0.2, 0.25) is 0 Å². The highest BCUT2D eigenvalue weighted by atomic mass is 32.2. The van der Waals surface area contributed by atoms with Crippen LogP contribution in [0.5, 0.6) is 0 Å². The molecule has 0 aliphatic heterocycles. The summed E-state index contributed by atoms with van der Waals surface area (Å²) in [5.74, 6) is -3.72. The molecule has 0 unspecified atom stereocenters. The highest BCUT2D eigenvalue weighted by molar-refractivity contribution is 7.90. The Balaban J connectivity index is 2.22. The van der Waals surface area contributed by atoms with Gasteiger partial charge in [0.15, 0.2) is 0 Å². The minimum atomic E-state index is -4.40. The standard InChI is InChI=1S/C46H71N9O10S/c1-27(2)34(55(12)42(60)37(45(6,7)8)53-41(59)36(48-11)46(9,10)31-17-14-13-15-18-31)25-29(5)38(56)54-66(64,65)32-22-20-30(21-23-32)26-50-39(57)33(19-16-24-49-43(47)61)51-40(58)35(28(3)4)52-44(62)63/h13-15,17-18,20-23,25,27-28,33-37,48,52H,16,19,24,26H2,1-12H3,(H,50,57)(H,51,58)(H,53,59)(H,54,56)(H,62,63)(H3,47,49,61)/b29-25+/t33-,34+,35-,36+,37+/m0/s1. The van der Waals surface area contributed by atoms with E-state index in [-0.39, 0.29) is 48.2 Å². The van der Waals surface area contributed by atoms with E-state index in [1.165, 1.54) is 42.2 Å². The van der Waals surface area contributed by atoms with E-state index in [2.05, 4.69) is 36.6 Å². The van der Waals surface area contributed by atoms with Gasteiger partial charge in [-0.2, -0.15) is 0 Å². The van der Waals surface area contributed by atoms with Crippen molar-refractivity contribution in [3.05, 3.63) is 77.4 Å². The fourth-order valence-electron chi connectivity index (χ4n) is 7.24. The number of sulfonamides is 1. The van der Waals surface area contributed by atoms with Gasteiger partial charge in [-0.25, -0.2) is 22.7 Å². The zero-order valence-electron chi connectivity index (χ0n) is 40.2. The van der Waals surface area contributed by atoms with E-state index in [1.54, 1.807) is 27.9 Å². The van der Waals surface area contributed by atoms with E-state index < -0.39 is 92.7 Å². The molecule has 0 bridgehead atoms. The number of carboxylic acid groups (broad SMARTS) is 1. The fourth-order valence-corrected chi connectivity index (χ4v) is 8.26. The summed E-state index contributed by atoms with van der Waals surface area (Å²) in [7, 11) is -1.13. The highest BCUT2D eigenvalue weighted by Gasteiger charge is 2.42. The van der Waals surface area contributed by atoms with Gasteiger partial charge < -0.3 is 47.6 Å². The SMILES string of the molecule is CN[C@H](C(=O)N[C@H](C(=O)N(C)[C@H](/C=C(\C)C(=O)NS(=O)(=O)c1ccc(CNC(=O)[C@H](CCCNC(N)=O)NC(=O)[C@@H](NC(=O)O)C(C)C)cc1)C(C)C)C(C)(C)C)C(C)(C)c1ccccc1. The molecule has 0 saturated heterocycles. The summed E-state index contributed by atoms with van der Waals surface area (Å²) < 4.78 is 28.9. The van der Waals surface area contributed by atoms with E-state index in [0.29, 0.717) is 5.56 Å². The molecule has 19 nitrogen and oxygen atoms in total. The molecule has 8 amide bonds. The Hall–Kier alpha value is -6.02. The lowest BCUT2D eigenvalue weighted by molar-refractivity contribution is -0.141. The summed E-state index contributed by atoms with van der Waals surface area (Å²) in [6.45, 7) is 17.8. The van der Waals surface area contributed by atoms with Crippen molar-refractivity contribution >= 4 is 51.7 Å². The molecule has 0 fully saturated rings. The Labute approximate surface area is 389 Å². The number of rotatable bonds is 23. The molecular weight excluding hydrogens is 871 g/mol. The second-order valence-electron chi connectivity index (χ2n) is 18.6. The highest BCUT2D eigenvalue weighted by Crippen LogP contribution is 2.29. The van der Waals surface area contributed by atoms with E-state index in [0.717, 1.165) is 5.56 Å². The lowest BCUT2D eigenvalue weighted by atomic mass is 9.76. The molecule has 66 heavy (non-hydrogen) atoms. The number of likely N-dealkylation sites (N-methyl/N-ethyl adjacent to an activating group) is 2. The third kappa shape index (κ3) is 16.4. The number of carbonyl (C=O) groups excluding carboxylic acids is 6. The molecule has 5 atom stereocenters. The van der Waals surface area contributed by atoms with Crippen molar-refractivity contribution in [3.63, 3.8) is 0 Å². The number of amides is 8. The summed E-state index contributed by atoms with van der Waals surface area (Å²) >= 11 is 0. The molecule has 2 aromatic rings. The first-order valence-electron chi connectivity index (χ1n) is 21.8. The van der Waals surface area contributed by atoms with Gasteiger partial charge in [0.05, 0.1) is 17.0 Å². The number of primary amides is 1. The number of hydrogen-bond acceptors (Lipinski definition) is 10. The first kappa shape index (κ1) is 56.1. The van der Waals surface area contributed by atoms with Crippen LogP contribution in [0.15, 0.2) is 71.1 Å². The van der Waals surface area contributed by atoms with E-state index in [9.17, 15) is 47.1 Å². The molecule has 2 aromatic carbocycles. The predicted octanol–water partition coefficient (Wildman–Crippen LogP) is 2.86. The van der Waals surface area contributed by atoms with E-state index in [1.807, 2.05) is 78.8 Å². The Bertz CT molecular complexity index is 2160. The predicted molar refractivity (Wildman–Crippen MR) is 251 cm³/mol. The molecule has 0 aromatic heterocycles. The van der Waals surface area contributed by atoms with Crippen molar-refractivity contribution in [1.29, 1.82) is 0 Å². The van der Waals surface area contributed by atoms with Crippen LogP contribution in [0.3, 0.4) is 0 Å². The number of benzene rings is 2. The van der Waals surface area contributed by atoms with Crippen LogP contribution in [0.1, 0.15) is 93.2 Å². The van der Waals surface area contributed by atoms with Crippen molar-refractivity contribution in [1.82, 2.24) is 41.5 Å². The number of nitrogens with zero attached hydrogens (tertiary/aromatic N) is 1. The summed E-state index contributed by atoms with van der Waals surface area (Å²) in [5.41, 5.74) is 5.17. The first-order valence-corrected chi connectivity index (χ1v) is 23.3. The molecule has 0 aliphatic rings. The molecular formula is C46H71N9O10S. The minimum absolute atomic E-state index is 0.0259. The Morgan fingerprint density at radius 1 is 0.788 bits per heavy atom. The molecule has 0 heterocycles. The zero-order chi connectivity index (χ0) is 50.3. The van der Waals surface area contributed by atoms with Crippen LogP contribution in [-0.4, -0.2) is 111 Å². The van der Waals surface area contributed by atoms with Crippen LogP contribution < -0.4 is 42.4 Å². The van der Waals surface area contributed by atoms with Crippen molar-refractivity contribution < 1.29 is 47.1 Å². The van der Waals surface area contributed by atoms with Crippen LogP contribution in [0, 0.1) is 17.3 Å². The molecule has 2 rings (SSSR count). The lowest BCUT2D eigenvalue weighted by Crippen LogP contribution is -2.61. The first-order chi connectivity index (χ1) is 30.5. The second-order valence-corrected chi connectivity index (χ2v) is 20.3. The molecule has 20 heteroatoms. The number of urea groups is 1. The monoisotopic (exact) mass is 942 g/mol. The van der Waals surface area contributed by atoms with E-state index in [4.69, 9.17) is 5.73 Å². The minimum Gasteiger partial charge on any atom is -0.465 e. The normalized spacial score (nSPS) is 14.5. The van der Waals surface area contributed by atoms with Gasteiger partial charge in [0.1, 0.15) is 18.1 Å². The quantitative estimate of drug-likeness (QED) is 0.0577. The Morgan fingerprint density at radius 3 is 1.88 bits per heavy atom. The summed E-state index contributed by atoms with van der Waals surface area (Å²) in [5, 5.41) is 25.1. The third-order valence-corrected chi connectivity index (χ3v) is 12.6. The number of hydrogen-bond donors (Lipinski definition) is 9. The van der Waals surface area contributed by atoms with Gasteiger partial charge in [-0.05, 0) is 67.3 Å². The van der Waals surface area contributed by atoms with Crippen LogP contribution in [0.4, 0.5) is 9.59 Å². The number of nitrogens with two attached hydrogens (primary N) is 1. The summed E-state index contributed by atoms with van der Waals surface area (Å²) in [6, 6.07) is 9.55. The number of carbonyl (C=O) groups is 7. The van der Waals surface area contributed by atoms with Crippen molar-refractivity contribution in [2.45, 2.75) is 129 Å². The van der Waals surface area contributed by atoms with Gasteiger partial charge in [-0.3, -0.25) is 24.0 Å². The topological polar surface area (TPSA) is 287 Å². The fraction of sp³-hybridized carbons (Fsp3) is 0.543. The largest absolute Gasteiger partial charge is 0.465 e. The van der Waals surface area contributed by atoms with Crippen LogP contribution in [0.25, 0.3) is 0 Å². The molecule has 0 spiro atoms. The van der Waals surface area contributed by atoms with Gasteiger partial charge in [-0.15, -0.1) is 0 Å². The maximum absolute atomic E-state index is 14.3. The number of nitrogens with one attached hydrogen (secondary N) is 7. The van der Waals surface area contributed by atoms with Crippen molar-refractivity contribution in [3.8, 4) is 0 Å². The van der Waals surface area contributed by atoms with Gasteiger partial charge in [0.2, 0.25) is 23.6 Å². The maximum atomic E-state index is 14.3. The van der Waals surface area contributed by atoms with Gasteiger partial charge in [0.25, 0.3) is 15.9 Å². The Morgan fingerprint density at radius 2 is 1.38 bits per heavy atom. The van der Waals surface area contributed by atoms with Gasteiger partial charge in [-0.1, -0.05) is 111 Å². The Kier molecular flexibility index (Phi) is 20.8. The molecule has 366 valence electrons. The van der Waals surface area contributed by atoms with Crippen LogP contribution in [-0.2, 0) is 46.0 Å². The van der Waals surface area contributed by atoms with E-state index >= 15 is 0 Å². The molecule has 0 saturated carbocycles. The smallest absolute Gasteiger partial charge is 0.405 e. The summed E-state index contributed by atoms with van der Waals surface area (Å²) in [6.07, 6.45) is 0.404. The average molecular weight is 942 g/mol. The second kappa shape index (κ2) is 24.5. The van der Waals surface area contributed by atoms with Crippen molar-refractivity contribution in [2.24, 2.45) is 23.0 Å².